The van der Waals surface area contributed by atoms with Crippen LogP contribution in [0, 0.1) is 0 Å². The molecule has 3 aromatic rings. The van der Waals surface area contributed by atoms with Gasteiger partial charge in [-0.15, -0.1) is 0 Å². The van der Waals surface area contributed by atoms with Crippen molar-refractivity contribution in [3.05, 3.63) is 82.2 Å². The fourth-order valence-corrected chi connectivity index (χ4v) is 5.04. The van der Waals surface area contributed by atoms with E-state index in [9.17, 15) is 9.59 Å². The fourth-order valence-electron chi connectivity index (χ4n) is 4.19. The lowest BCUT2D eigenvalue weighted by atomic mass is 9.97. The largest absolute Gasteiger partial charge is 0.355 e. The van der Waals surface area contributed by atoms with E-state index in [1.54, 1.807) is 4.57 Å². The molecule has 0 spiro atoms. The van der Waals surface area contributed by atoms with Gasteiger partial charge in [-0.25, -0.2) is 4.98 Å². The summed E-state index contributed by atoms with van der Waals surface area (Å²) in [5.41, 5.74) is 3.27. The Bertz CT molecular complexity index is 1190. The molecule has 1 aliphatic rings. The summed E-state index contributed by atoms with van der Waals surface area (Å²) in [4.78, 5) is 30.5. The molecular formula is C27H31N3O2S. The number of amides is 1. The van der Waals surface area contributed by atoms with E-state index in [2.05, 4.69) is 30.4 Å². The van der Waals surface area contributed by atoms with Crippen LogP contribution in [-0.4, -0.2) is 27.8 Å². The molecule has 6 heteroatoms. The number of hydrogen-bond acceptors (Lipinski definition) is 4. The summed E-state index contributed by atoms with van der Waals surface area (Å²) in [5, 5.41) is 4.26. The molecule has 172 valence electrons. The third kappa shape index (κ3) is 6.14. The molecule has 0 bridgehead atoms. The van der Waals surface area contributed by atoms with Gasteiger partial charge in [0.2, 0.25) is 5.91 Å². The molecular weight excluding hydrogens is 430 g/mol. The number of allylic oxidation sites excluding steroid dienone is 2. The topological polar surface area (TPSA) is 64.0 Å². The monoisotopic (exact) mass is 461 g/mol. The maximum absolute atomic E-state index is 13.2. The molecule has 1 atom stereocenters. The highest BCUT2D eigenvalue weighted by Gasteiger charge is 2.15. The first kappa shape index (κ1) is 23.3. The Balaban J connectivity index is 1.44. The lowest BCUT2D eigenvalue weighted by molar-refractivity contribution is -0.118. The lowest BCUT2D eigenvalue weighted by Crippen LogP contribution is -2.30. The summed E-state index contributed by atoms with van der Waals surface area (Å²) in [6, 6.07) is 17.6. The van der Waals surface area contributed by atoms with E-state index < -0.39 is 0 Å². The Morgan fingerprint density at radius 3 is 2.70 bits per heavy atom. The first-order valence-electron chi connectivity index (χ1n) is 11.7. The third-order valence-corrected chi connectivity index (χ3v) is 7.15. The molecule has 4 rings (SSSR count). The average Bonchev–Trinajstić information content (AvgIpc) is 2.86. The number of carbonyl (C=O) groups is 1. The first-order valence-corrected chi connectivity index (χ1v) is 12.7. The second-order valence-electron chi connectivity index (χ2n) is 8.63. The van der Waals surface area contributed by atoms with Crippen LogP contribution in [0.15, 0.2) is 76.2 Å². The number of benzene rings is 2. The number of para-hydroxylation sites is 1. The quantitative estimate of drug-likeness (QED) is 0.267. The van der Waals surface area contributed by atoms with Crippen molar-refractivity contribution in [3.63, 3.8) is 0 Å². The molecule has 1 aliphatic carbocycles. The third-order valence-electron chi connectivity index (χ3n) is 6.17. The van der Waals surface area contributed by atoms with Crippen molar-refractivity contribution in [1.29, 1.82) is 0 Å². The van der Waals surface area contributed by atoms with Gasteiger partial charge in [0.25, 0.3) is 5.56 Å². The highest BCUT2D eigenvalue weighted by atomic mass is 32.2. The Morgan fingerprint density at radius 1 is 1.12 bits per heavy atom. The number of aromatic nitrogens is 2. The van der Waals surface area contributed by atoms with Crippen LogP contribution >= 0.6 is 11.8 Å². The minimum absolute atomic E-state index is 0.0300. The summed E-state index contributed by atoms with van der Waals surface area (Å²) < 4.78 is 1.75. The fraction of sp³-hybridized carbons (Fsp3) is 0.370. The van der Waals surface area contributed by atoms with Gasteiger partial charge in [-0.05, 0) is 55.7 Å². The van der Waals surface area contributed by atoms with Gasteiger partial charge in [0.1, 0.15) is 0 Å². The van der Waals surface area contributed by atoms with Crippen molar-refractivity contribution >= 4 is 28.6 Å². The number of hydrogen-bond donors (Lipinski definition) is 1. The smallest absolute Gasteiger partial charge is 0.262 e. The van der Waals surface area contributed by atoms with Crippen molar-refractivity contribution in [1.82, 2.24) is 14.9 Å². The molecule has 0 aliphatic heterocycles. The van der Waals surface area contributed by atoms with E-state index in [-0.39, 0.29) is 23.1 Å². The average molecular weight is 462 g/mol. The maximum atomic E-state index is 13.2. The van der Waals surface area contributed by atoms with Gasteiger partial charge in [-0.3, -0.25) is 14.2 Å². The van der Waals surface area contributed by atoms with Crippen LogP contribution in [0.1, 0.15) is 50.5 Å². The van der Waals surface area contributed by atoms with E-state index in [1.165, 1.54) is 35.7 Å². The van der Waals surface area contributed by atoms with Crippen molar-refractivity contribution in [2.45, 2.75) is 56.6 Å². The van der Waals surface area contributed by atoms with Crippen LogP contribution in [0.2, 0.25) is 0 Å². The van der Waals surface area contributed by atoms with Crippen LogP contribution in [-0.2, 0) is 11.3 Å². The van der Waals surface area contributed by atoms with Gasteiger partial charge in [-0.2, -0.15) is 0 Å². The Hall–Kier alpha value is -2.86. The molecule has 33 heavy (non-hydrogen) atoms. The van der Waals surface area contributed by atoms with Gasteiger partial charge in [0, 0.05) is 13.1 Å². The highest BCUT2D eigenvalue weighted by Crippen LogP contribution is 2.23. The summed E-state index contributed by atoms with van der Waals surface area (Å²) in [7, 11) is 0. The predicted octanol–water partition coefficient (Wildman–Crippen LogP) is 5.30. The highest BCUT2D eigenvalue weighted by molar-refractivity contribution is 7.99. The molecule has 0 saturated heterocycles. The molecule has 1 unspecified atom stereocenters. The zero-order valence-electron chi connectivity index (χ0n) is 19.1. The van der Waals surface area contributed by atoms with Crippen LogP contribution in [0.5, 0.6) is 0 Å². The molecule has 1 aromatic heterocycles. The van der Waals surface area contributed by atoms with Crippen LogP contribution < -0.4 is 10.9 Å². The maximum Gasteiger partial charge on any atom is 0.262 e. The van der Waals surface area contributed by atoms with Crippen LogP contribution in [0.25, 0.3) is 10.9 Å². The summed E-state index contributed by atoms with van der Waals surface area (Å²) in [6.07, 6.45) is 7.88. The van der Waals surface area contributed by atoms with Gasteiger partial charge in [0.05, 0.1) is 16.7 Å². The summed E-state index contributed by atoms with van der Waals surface area (Å²) >= 11 is 1.34. The van der Waals surface area contributed by atoms with Crippen LogP contribution in [0.4, 0.5) is 0 Å². The molecule has 1 N–H and O–H groups in total. The van der Waals surface area contributed by atoms with Crippen molar-refractivity contribution < 1.29 is 4.79 Å². The van der Waals surface area contributed by atoms with Crippen LogP contribution in [0.3, 0.4) is 0 Å². The zero-order valence-corrected chi connectivity index (χ0v) is 19.9. The zero-order chi connectivity index (χ0) is 23.0. The predicted molar refractivity (Wildman–Crippen MR) is 136 cm³/mol. The molecule has 0 fully saturated rings. The molecule has 0 saturated carbocycles. The van der Waals surface area contributed by atoms with Gasteiger partial charge < -0.3 is 5.32 Å². The van der Waals surface area contributed by atoms with E-state index in [0.29, 0.717) is 29.1 Å². The number of nitrogens with one attached hydrogen (secondary N) is 1. The van der Waals surface area contributed by atoms with E-state index in [4.69, 9.17) is 4.98 Å². The number of carbonyl (C=O) groups excluding carboxylic acids is 1. The summed E-state index contributed by atoms with van der Waals surface area (Å²) in [6.45, 7) is 3.28. The van der Waals surface area contributed by atoms with E-state index in [1.807, 2.05) is 42.5 Å². The number of rotatable bonds is 9. The Kier molecular flexibility index (Phi) is 8.00. The number of fused-ring (bicyclic) bond motifs is 1. The molecule has 1 heterocycles. The first-order chi connectivity index (χ1) is 16.1. The normalized spacial score (nSPS) is 14.6. The molecule has 2 aromatic carbocycles. The Morgan fingerprint density at radius 2 is 1.91 bits per heavy atom. The number of thioether (sulfide) groups is 1. The minimum atomic E-state index is -0.0493. The summed E-state index contributed by atoms with van der Waals surface area (Å²) in [5.74, 6) is 0.419. The lowest BCUT2D eigenvalue weighted by Gasteiger charge is -2.16. The second-order valence-corrected chi connectivity index (χ2v) is 9.57. The standard InChI is InChI=1S/C27H31N3O2S/c1-20(22-12-6-3-7-13-22)18-28-25(31)19-33-27-29-24-15-9-8-14-23(24)26(32)30(27)17-16-21-10-4-2-5-11-21/h3,6-10,12-15,20H,2,4-5,11,16-19H2,1H3,(H,28,31). The van der Waals surface area contributed by atoms with Gasteiger partial charge in [0.15, 0.2) is 5.16 Å². The van der Waals surface area contributed by atoms with E-state index in [0.717, 1.165) is 19.3 Å². The molecule has 5 nitrogen and oxygen atoms in total. The SMILES string of the molecule is CC(CNC(=O)CSc1nc2ccccc2c(=O)n1CCC1=CCCCC1)c1ccccc1. The molecule has 0 radical (unpaired) electrons. The minimum Gasteiger partial charge on any atom is -0.355 e. The Labute approximate surface area is 199 Å². The molecule has 1 amide bonds. The number of nitrogens with zero attached hydrogens (tertiary/aromatic N) is 2. The van der Waals surface area contributed by atoms with Gasteiger partial charge >= 0.3 is 0 Å². The van der Waals surface area contributed by atoms with Crippen molar-refractivity contribution in [2.24, 2.45) is 0 Å². The van der Waals surface area contributed by atoms with Crippen molar-refractivity contribution in [2.75, 3.05) is 12.3 Å². The van der Waals surface area contributed by atoms with Crippen molar-refractivity contribution in [3.8, 4) is 0 Å². The second kappa shape index (κ2) is 11.3. The van der Waals surface area contributed by atoms with E-state index >= 15 is 0 Å². The van der Waals surface area contributed by atoms with Gasteiger partial charge in [-0.1, -0.05) is 72.8 Å².